The Kier molecular flexibility index (Phi) is 4.24. The van der Waals surface area contributed by atoms with Gasteiger partial charge in [-0.2, -0.15) is 0 Å². The molecule has 4 rings (SSSR count). The summed E-state index contributed by atoms with van der Waals surface area (Å²) in [4.78, 5) is 0. The van der Waals surface area contributed by atoms with Crippen LogP contribution < -0.4 is 0 Å². The summed E-state index contributed by atoms with van der Waals surface area (Å²) in [7, 11) is 0. The monoisotopic (exact) mass is 330 g/mol. The number of hydrogen-bond acceptors (Lipinski definition) is 1. The lowest BCUT2D eigenvalue weighted by Gasteiger charge is -2.12. The van der Waals surface area contributed by atoms with Crippen LogP contribution in [0.2, 0.25) is 0 Å². The van der Waals surface area contributed by atoms with Crippen molar-refractivity contribution in [2.24, 2.45) is 0 Å². The molecule has 2 heteroatoms. The van der Waals surface area contributed by atoms with Crippen molar-refractivity contribution in [2.75, 3.05) is 0 Å². The van der Waals surface area contributed by atoms with E-state index in [-0.39, 0.29) is 0 Å². The number of benzene rings is 4. The average molecular weight is 330 g/mol. The largest absolute Gasteiger partial charge is 0.616 e. The van der Waals surface area contributed by atoms with Crippen LogP contribution in [0.25, 0.3) is 21.5 Å². The van der Waals surface area contributed by atoms with Gasteiger partial charge in [-0.05, 0) is 44.9 Å². The lowest BCUT2D eigenvalue weighted by molar-refractivity contribution is 0.593. The van der Waals surface area contributed by atoms with Gasteiger partial charge in [0.1, 0.15) is 11.5 Å². The fourth-order valence-corrected chi connectivity index (χ4v) is 4.28. The molecule has 24 heavy (non-hydrogen) atoms. The SMILES string of the molecule is [O-][S+](Cc1ccc2ccccc2c1)Cc1ccc2ccccc2c1. The second-order valence-electron chi connectivity index (χ2n) is 6.09. The zero-order valence-electron chi connectivity index (χ0n) is 13.3. The Morgan fingerprint density at radius 1 is 0.542 bits per heavy atom. The summed E-state index contributed by atoms with van der Waals surface area (Å²) in [6, 6.07) is 29.3. The minimum atomic E-state index is -0.908. The molecule has 0 spiro atoms. The van der Waals surface area contributed by atoms with E-state index >= 15 is 0 Å². The second kappa shape index (κ2) is 6.68. The number of hydrogen-bond donors (Lipinski definition) is 0. The van der Waals surface area contributed by atoms with E-state index in [0.29, 0.717) is 11.5 Å². The van der Waals surface area contributed by atoms with Crippen LogP contribution in [0.3, 0.4) is 0 Å². The molecule has 0 aliphatic rings. The normalized spacial score (nSPS) is 11.4. The topological polar surface area (TPSA) is 23.1 Å². The Morgan fingerprint density at radius 3 is 1.42 bits per heavy atom. The van der Waals surface area contributed by atoms with Gasteiger partial charge in [0, 0.05) is 11.1 Å². The van der Waals surface area contributed by atoms with Gasteiger partial charge in [-0.1, -0.05) is 72.8 Å². The van der Waals surface area contributed by atoms with Crippen LogP contribution in [0.5, 0.6) is 0 Å². The first kappa shape index (κ1) is 15.3. The Bertz CT molecular complexity index is 912. The van der Waals surface area contributed by atoms with Crippen LogP contribution in [0, 0.1) is 0 Å². The van der Waals surface area contributed by atoms with Gasteiger partial charge >= 0.3 is 0 Å². The zero-order chi connectivity index (χ0) is 16.4. The Labute approximate surface area is 145 Å². The van der Waals surface area contributed by atoms with Crippen molar-refractivity contribution >= 4 is 32.7 Å². The molecule has 0 aliphatic carbocycles. The summed E-state index contributed by atoms with van der Waals surface area (Å²) >= 11 is -0.908. The molecule has 118 valence electrons. The summed E-state index contributed by atoms with van der Waals surface area (Å²) < 4.78 is 12.6. The van der Waals surface area contributed by atoms with E-state index in [2.05, 4.69) is 60.7 Å². The van der Waals surface area contributed by atoms with E-state index in [1.807, 2.05) is 24.3 Å². The Hall–Kier alpha value is -2.29. The maximum Gasteiger partial charge on any atom is 0.131 e. The maximum absolute atomic E-state index is 12.6. The van der Waals surface area contributed by atoms with Crippen LogP contribution >= 0.6 is 0 Å². The van der Waals surface area contributed by atoms with Crippen LogP contribution in [0.15, 0.2) is 84.9 Å². The summed E-state index contributed by atoms with van der Waals surface area (Å²) in [5.41, 5.74) is 2.26. The molecule has 0 aromatic heterocycles. The van der Waals surface area contributed by atoms with Gasteiger partial charge < -0.3 is 4.55 Å². The average Bonchev–Trinajstić information content (AvgIpc) is 2.61. The molecule has 0 radical (unpaired) electrons. The lowest BCUT2D eigenvalue weighted by atomic mass is 10.1. The summed E-state index contributed by atoms with van der Waals surface area (Å²) in [6.45, 7) is 0. The zero-order valence-corrected chi connectivity index (χ0v) is 14.1. The maximum atomic E-state index is 12.6. The molecule has 4 aromatic carbocycles. The smallest absolute Gasteiger partial charge is 0.131 e. The first-order valence-corrected chi connectivity index (χ1v) is 9.57. The van der Waals surface area contributed by atoms with Gasteiger partial charge in [0.2, 0.25) is 0 Å². The third-order valence-electron chi connectivity index (χ3n) is 4.28. The Balaban J connectivity index is 1.51. The van der Waals surface area contributed by atoms with Crippen LogP contribution in [-0.2, 0) is 22.7 Å². The highest BCUT2D eigenvalue weighted by molar-refractivity contribution is 7.89. The minimum absolute atomic E-state index is 0.595. The van der Waals surface area contributed by atoms with Crippen molar-refractivity contribution in [3.05, 3.63) is 96.1 Å². The number of fused-ring (bicyclic) bond motifs is 2. The van der Waals surface area contributed by atoms with Gasteiger partial charge in [0.15, 0.2) is 0 Å². The van der Waals surface area contributed by atoms with E-state index in [1.54, 1.807) is 0 Å². The van der Waals surface area contributed by atoms with Gasteiger partial charge in [0.05, 0.1) is 0 Å². The van der Waals surface area contributed by atoms with Crippen molar-refractivity contribution in [3.8, 4) is 0 Å². The highest BCUT2D eigenvalue weighted by atomic mass is 32.2. The third-order valence-corrected chi connectivity index (χ3v) is 5.59. The molecule has 0 fully saturated rings. The van der Waals surface area contributed by atoms with Crippen molar-refractivity contribution in [1.29, 1.82) is 0 Å². The molecule has 0 saturated heterocycles. The highest BCUT2D eigenvalue weighted by Gasteiger charge is 2.10. The predicted molar refractivity (Wildman–Crippen MR) is 103 cm³/mol. The highest BCUT2D eigenvalue weighted by Crippen LogP contribution is 2.21. The van der Waals surface area contributed by atoms with Crippen LogP contribution in [-0.4, -0.2) is 4.55 Å². The van der Waals surface area contributed by atoms with Gasteiger partial charge in [-0.25, -0.2) is 0 Å². The first-order chi connectivity index (χ1) is 11.8. The van der Waals surface area contributed by atoms with E-state index in [9.17, 15) is 4.55 Å². The van der Waals surface area contributed by atoms with Gasteiger partial charge in [-0.15, -0.1) is 0 Å². The fraction of sp³-hybridized carbons (Fsp3) is 0.0909. The van der Waals surface area contributed by atoms with Gasteiger partial charge in [0.25, 0.3) is 0 Å². The second-order valence-corrected chi connectivity index (χ2v) is 7.55. The molecule has 0 atom stereocenters. The summed E-state index contributed by atoms with van der Waals surface area (Å²) in [5.74, 6) is 1.19. The van der Waals surface area contributed by atoms with Crippen molar-refractivity contribution in [2.45, 2.75) is 11.5 Å². The molecule has 1 nitrogen and oxygen atoms in total. The Morgan fingerprint density at radius 2 is 0.958 bits per heavy atom. The van der Waals surface area contributed by atoms with Crippen LogP contribution in [0.4, 0.5) is 0 Å². The molecular weight excluding hydrogens is 312 g/mol. The third kappa shape index (κ3) is 3.30. The molecule has 0 unspecified atom stereocenters. The fourth-order valence-electron chi connectivity index (χ4n) is 3.08. The van der Waals surface area contributed by atoms with Crippen LogP contribution in [0.1, 0.15) is 11.1 Å². The molecule has 4 aromatic rings. The van der Waals surface area contributed by atoms with E-state index in [4.69, 9.17) is 0 Å². The number of rotatable bonds is 4. The standard InChI is InChI=1S/C22H18OS/c23-24(15-17-9-11-19-5-1-3-7-21(19)13-17)16-18-10-12-20-6-2-4-8-22(20)14-18/h1-14H,15-16H2. The van der Waals surface area contributed by atoms with Crippen molar-refractivity contribution < 1.29 is 4.55 Å². The molecule has 0 bridgehead atoms. The molecule has 0 heterocycles. The van der Waals surface area contributed by atoms with Gasteiger partial charge in [-0.3, -0.25) is 0 Å². The summed E-state index contributed by atoms with van der Waals surface area (Å²) in [5, 5.41) is 4.86. The van der Waals surface area contributed by atoms with E-state index in [0.717, 1.165) is 11.1 Å². The quantitative estimate of drug-likeness (QED) is 0.457. The molecule has 0 N–H and O–H groups in total. The predicted octanol–water partition coefficient (Wildman–Crippen LogP) is 5.44. The van der Waals surface area contributed by atoms with Crippen molar-refractivity contribution in [1.82, 2.24) is 0 Å². The molecule has 0 aliphatic heterocycles. The molecular formula is C22H18OS. The molecule has 0 amide bonds. The van der Waals surface area contributed by atoms with Crippen molar-refractivity contribution in [3.63, 3.8) is 0 Å². The first-order valence-electron chi connectivity index (χ1n) is 8.08. The lowest BCUT2D eigenvalue weighted by Crippen LogP contribution is -2.07. The van der Waals surface area contributed by atoms with E-state index in [1.165, 1.54) is 21.5 Å². The molecule has 0 saturated carbocycles. The van der Waals surface area contributed by atoms with E-state index < -0.39 is 11.2 Å². The summed E-state index contributed by atoms with van der Waals surface area (Å²) in [6.07, 6.45) is 0. The minimum Gasteiger partial charge on any atom is -0.616 e.